The maximum atomic E-state index is 12.5. The number of hydrogen-bond acceptors (Lipinski definition) is 2. The number of likely N-dealkylation sites (tertiary alicyclic amines) is 1. The normalized spacial score (nSPS) is 15.6. The lowest BCUT2D eigenvalue weighted by Crippen LogP contribution is -2.41. The Hall–Kier alpha value is -2.82. The summed E-state index contributed by atoms with van der Waals surface area (Å²) >= 11 is 0. The van der Waals surface area contributed by atoms with E-state index in [1.807, 2.05) is 11.0 Å². The van der Waals surface area contributed by atoms with Gasteiger partial charge in [-0.05, 0) is 36.5 Å². The number of fused-ring (bicyclic) bond motifs is 1. The van der Waals surface area contributed by atoms with Gasteiger partial charge in [0, 0.05) is 42.5 Å². The van der Waals surface area contributed by atoms with Gasteiger partial charge in [0.15, 0.2) is 0 Å². The molecule has 1 aromatic carbocycles. The molecule has 0 unspecified atom stereocenters. The Morgan fingerprint density at radius 2 is 1.84 bits per heavy atom. The first-order valence-corrected chi connectivity index (χ1v) is 8.71. The third-order valence-electron chi connectivity index (χ3n) is 5.11. The molecule has 0 saturated carbocycles. The minimum absolute atomic E-state index is 0.0191. The second-order valence-electron chi connectivity index (χ2n) is 6.61. The van der Waals surface area contributed by atoms with Gasteiger partial charge in [0.25, 0.3) is 5.56 Å². The van der Waals surface area contributed by atoms with Crippen LogP contribution in [-0.4, -0.2) is 33.4 Å². The van der Waals surface area contributed by atoms with Crippen LogP contribution in [0.25, 0.3) is 10.9 Å². The van der Waals surface area contributed by atoms with E-state index in [2.05, 4.69) is 29.4 Å². The third-order valence-corrected chi connectivity index (χ3v) is 5.11. The van der Waals surface area contributed by atoms with E-state index in [-0.39, 0.29) is 18.0 Å². The fraction of sp³-hybridized carbons (Fsp3) is 0.300. The summed E-state index contributed by atoms with van der Waals surface area (Å²) in [6.07, 6.45) is 5.68. The molecule has 1 fully saturated rings. The van der Waals surface area contributed by atoms with Crippen molar-refractivity contribution in [2.75, 3.05) is 13.1 Å². The minimum Gasteiger partial charge on any atom is -0.361 e. The molecule has 0 aliphatic carbocycles. The predicted octanol–water partition coefficient (Wildman–Crippen LogP) is 2.74. The predicted molar refractivity (Wildman–Crippen MR) is 97.6 cm³/mol. The van der Waals surface area contributed by atoms with Crippen molar-refractivity contribution in [1.82, 2.24) is 14.5 Å². The SMILES string of the molecule is O=C(Cn1ccccc1=O)N1CCC(c2c[nH]c3ccccc23)CC1. The molecule has 2 aromatic heterocycles. The number of hydrogen-bond donors (Lipinski definition) is 1. The van der Waals surface area contributed by atoms with E-state index in [0.29, 0.717) is 5.92 Å². The average molecular weight is 335 g/mol. The number of aromatic nitrogens is 2. The third kappa shape index (κ3) is 3.09. The van der Waals surface area contributed by atoms with Crippen molar-refractivity contribution in [2.24, 2.45) is 0 Å². The van der Waals surface area contributed by atoms with E-state index in [9.17, 15) is 9.59 Å². The molecule has 5 heteroatoms. The van der Waals surface area contributed by atoms with E-state index in [4.69, 9.17) is 0 Å². The highest BCUT2D eigenvalue weighted by Gasteiger charge is 2.25. The fourth-order valence-corrected chi connectivity index (χ4v) is 3.71. The highest BCUT2D eigenvalue weighted by Crippen LogP contribution is 2.33. The first kappa shape index (κ1) is 15.7. The van der Waals surface area contributed by atoms with Crippen LogP contribution in [0.4, 0.5) is 0 Å². The van der Waals surface area contributed by atoms with Gasteiger partial charge in [0.1, 0.15) is 6.54 Å². The van der Waals surface area contributed by atoms with E-state index >= 15 is 0 Å². The standard InChI is InChI=1S/C20H21N3O2/c24-19-7-3-4-10-23(19)14-20(25)22-11-8-15(9-12-22)17-13-21-18-6-2-1-5-16(17)18/h1-7,10,13,15,21H,8-9,11-12,14H2. The van der Waals surface area contributed by atoms with Crippen molar-refractivity contribution in [3.05, 3.63) is 70.8 Å². The smallest absolute Gasteiger partial charge is 0.250 e. The lowest BCUT2D eigenvalue weighted by molar-refractivity contribution is -0.132. The van der Waals surface area contributed by atoms with Gasteiger partial charge in [-0.2, -0.15) is 0 Å². The van der Waals surface area contributed by atoms with Crippen molar-refractivity contribution in [2.45, 2.75) is 25.3 Å². The molecule has 1 saturated heterocycles. The summed E-state index contributed by atoms with van der Waals surface area (Å²) in [6, 6.07) is 13.3. The Kier molecular flexibility index (Phi) is 4.14. The van der Waals surface area contributed by atoms with Crippen molar-refractivity contribution in [3.63, 3.8) is 0 Å². The fourth-order valence-electron chi connectivity index (χ4n) is 3.71. The summed E-state index contributed by atoms with van der Waals surface area (Å²) < 4.78 is 1.47. The molecular weight excluding hydrogens is 314 g/mol. The van der Waals surface area contributed by atoms with Crippen LogP contribution in [0.5, 0.6) is 0 Å². The number of H-pyrrole nitrogens is 1. The number of nitrogens with one attached hydrogen (secondary N) is 1. The van der Waals surface area contributed by atoms with Crippen LogP contribution in [0.3, 0.4) is 0 Å². The molecule has 1 amide bonds. The summed E-state index contributed by atoms with van der Waals surface area (Å²) in [6.45, 7) is 1.60. The highest BCUT2D eigenvalue weighted by molar-refractivity contribution is 5.83. The summed E-state index contributed by atoms with van der Waals surface area (Å²) in [4.78, 5) is 29.5. The lowest BCUT2D eigenvalue weighted by atomic mass is 9.89. The van der Waals surface area contributed by atoms with E-state index in [1.165, 1.54) is 27.1 Å². The Balaban J connectivity index is 1.42. The van der Waals surface area contributed by atoms with Gasteiger partial charge >= 0.3 is 0 Å². The zero-order chi connectivity index (χ0) is 17.2. The van der Waals surface area contributed by atoms with E-state index < -0.39 is 0 Å². The Bertz CT molecular complexity index is 948. The minimum atomic E-state index is -0.135. The first-order valence-electron chi connectivity index (χ1n) is 8.71. The summed E-state index contributed by atoms with van der Waals surface area (Å²) in [5.41, 5.74) is 2.38. The number of pyridine rings is 1. The second-order valence-corrected chi connectivity index (χ2v) is 6.61. The zero-order valence-corrected chi connectivity index (χ0v) is 14.0. The summed E-state index contributed by atoms with van der Waals surface area (Å²) in [5, 5.41) is 1.28. The molecule has 25 heavy (non-hydrogen) atoms. The van der Waals surface area contributed by atoms with E-state index in [1.54, 1.807) is 18.3 Å². The molecule has 1 aliphatic heterocycles. The highest BCUT2D eigenvalue weighted by atomic mass is 16.2. The number of benzene rings is 1. The topological polar surface area (TPSA) is 58.1 Å². The monoisotopic (exact) mass is 335 g/mol. The first-order chi connectivity index (χ1) is 12.2. The summed E-state index contributed by atoms with van der Waals surface area (Å²) in [7, 11) is 0. The maximum absolute atomic E-state index is 12.5. The van der Waals surface area contributed by atoms with Crippen LogP contribution in [0, 0.1) is 0 Å². The molecule has 0 radical (unpaired) electrons. The number of piperidine rings is 1. The zero-order valence-electron chi connectivity index (χ0n) is 14.0. The average Bonchev–Trinajstić information content (AvgIpc) is 3.08. The van der Waals surface area contributed by atoms with Gasteiger partial charge < -0.3 is 14.5 Å². The van der Waals surface area contributed by atoms with Crippen LogP contribution < -0.4 is 5.56 Å². The number of para-hydroxylation sites is 1. The number of carbonyl (C=O) groups is 1. The van der Waals surface area contributed by atoms with Gasteiger partial charge in [-0.15, -0.1) is 0 Å². The van der Waals surface area contributed by atoms with Crippen molar-refractivity contribution in [3.8, 4) is 0 Å². The van der Waals surface area contributed by atoms with Gasteiger partial charge in [-0.1, -0.05) is 24.3 Å². The molecule has 1 aliphatic rings. The van der Waals surface area contributed by atoms with Crippen LogP contribution in [0.1, 0.15) is 24.3 Å². The van der Waals surface area contributed by atoms with Gasteiger partial charge in [-0.3, -0.25) is 9.59 Å². The Morgan fingerprint density at radius 3 is 2.64 bits per heavy atom. The molecule has 3 heterocycles. The second kappa shape index (κ2) is 6.59. The Morgan fingerprint density at radius 1 is 1.08 bits per heavy atom. The molecule has 4 rings (SSSR count). The lowest BCUT2D eigenvalue weighted by Gasteiger charge is -2.32. The molecule has 1 N–H and O–H groups in total. The number of nitrogens with zero attached hydrogens (tertiary/aromatic N) is 2. The molecule has 5 nitrogen and oxygen atoms in total. The maximum Gasteiger partial charge on any atom is 0.250 e. The van der Waals surface area contributed by atoms with Gasteiger partial charge in [0.05, 0.1) is 0 Å². The molecule has 0 spiro atoms. The van der Waals surface area contributed by atoms with Crippen molar-refractivity contribution >= 4 is 16.8 Å². The van der Waals surface area contributed by atoms with E-state index in [0.717, 1.165) is 25.9 Å². The van der Waals surface area contributed by atoms with Crippen LogP contribution in [-0.2, 0) is 11.3 Å². The molecule has 0 atom stereocenters. The van der Waals surface area contributed by atoms with Crippen LogP contribution in [0.15, 0.2) is 59.7 Å². The molecule has 0 bridgehead atoms. The van der Waals surface area contributed by atoms with Gasteiger partial charge in [-0.25, -0.2) is 0 Å². The quantitative estimate of drug-likeness (QED) is 0.800. The van der Waals surface area contributed by atoms with Crippen LogP contribution >= 0.6 is 0 Å². The van der Waals surface area contributed by atoms with Crippen LogP contribution in [0.2, 0.25) is 0 Å². The number of rotatable bonds is 3. The number of amides is 1. The largest absolute Gasteiger partial charge is 0.361 e. The van der Waals surface area contributed by atoms with Crippen molar-refractivity contribution in [1.29, 1.82) is 0 Å². The number of carbonyl (C=O) groups excluding carboxylic acids is 1. The molecular formula is C20H21N3O2. The van der Waals surface area contributed by atoms with Gasteiger partial charge in [0.2, 0.25) is 5.91 Å². The number of aromatic amines is 1. The molecule has 128 valence electrons. The summed E-state index contributed by atoms with van der Waals surface area (Å²) in [5.74, 6) is 0.491. The van der Waals surface area contributed by atoms with Crippen molar-refractivity contribution < 1.29 is 4.79 Å². The Labute approximate surface area is 145 Å². The molecule has 3 aromatic rings.